The predicted octanol–water partition coefficient (Wildman–Crippen LogP) is 6.58. The number of halogens is 1. The van der Waals surface area contributed by atoms with Crippen molar-refractivity contribution in [2.45, 2.75) is 84.0 Å². The number of benzene rings is 1. The van der Waals surface area contributed by atoms with Gasteiger partial charge in [0, 0.05) is 0 Å². The third-order valence-electron chi connectivity index (χ3n) is 6.66. The van der Waals surface area contributed by atoms with Gasteiger partial charge in [-0.15, -0.1) is 0 Å². The molecule has 1 aromatic carbocycles. The molecule has 1 unspecified atom stereocenters. The van der Waals surface area contributed by atoms with Crippen molar-refractivity contribution in [3.63, 3.8) is 0 Å². The molecule has 0 bridgehead atoms. The summed E-state index contributed by atoms with van der Waals surface area (Å²) in [6.45, 7) is 2.29. The number of fused-ring (bicyclic) bond motifs is 1. The van der Waals surface area contributed by atoms with Crippen LogP contribution >= 0.6 is 0 Å². The normalized spacial score (nSPS) is 26.0. The molecule has 0 saturated heterocycles. The molecular formula is C23H32FN. The molecule has 0 amide bonds. The zero-order valence-corrected chi connectivity index (χ0v) is 15.7. The van der Waals surface area contributed by atoms with Crippen LogP contribution in [0.3, 0.4) is 0 Å². The van der Waals surface area contributed by atoms with Gasteiger partial charge in [-0.2, -0.15) is 5.26 Å². The van der Waals surface area contributed by atoms with Gasteiger partial charge in [0.25, 0.3) is 0 Å². The summed E-state index contributed by atoms with van der Waals surface area (Å²) in [6.07, 6.45) is 15.8. The Labute approximate surface area is 152 Å². The molecule has 0 radical (unpaired) electrons. The van der Waals surface area contributed by atoms with Gasteiger partial charge in [-0.3, -0.25) is 0 Å². The lowest BCUT2D eigenvalue weighted by Gasteiger charge is -2.31. The second-order valence-corrected chi connectivity index (χ2v) is 8.43. The Hall–Kier alpha value is -1.36. The molecule has 0 aromatic heterocycles. The van der Waals surface area contributed by atoms with Crippen molar-refractivity contribution < 1.29 is 4.39 Å². The van der Waals surface area contributed by atoms with Crippen LogP contribution in [0.25, 0.3) is 0 Å². The number of nitrogens with zero attached hydrogens (tertiary/aromatic N) is 1. The molecule has 1 atom stereocenters. The van der Waals surface area contributed by atoms with Crippen LogP contribution in [0, 0.1) is 34.9 Å². The first-order chi connectivity index (χ1) is 12.2. The summed E-state index contributed by atoms with van der Waals surface area (Å²) in [6, 6.07) is 5.37. The monoisotopic (exact) mass is 341 g/mol. The van der Waals surface area contributed by atoms with E-state index in [2.05, 4.69) is 6.92 Å². The van der Waals surface area contributed by atoms with Gasteiger partial charge < -0.3 is 0 Å². The molecule has 1 fully saturated rings. The lowest BCUT2D eigenvalue weighted by molar-refractivity contribution is 0.234. The fourth-order valence-electron chi connectivity index (χ4n) is 4.96. The van der Waals surface area contributed by atoms with Gasteiger partial charge in [-0.1, -0.05) is 58.3 Å². The second-order valence-electron chi connectivity index (χ2n) is 8.43. The molecule has 2 heteroatoms. The Morgan fingerprint density at radius 1 is 0.960 bits per heavy atom. The number of unbranched alkanes of at least 4 members (excludes halogenated alkanes) is 1. The van der Waals surface area contributed by atoms with Crippen LogP contribution in [0.1, 0.15) is 87.8 Å². The maximum absolute atomic E-state index is 13.9. The van der Waals surface area contributed by atoms with Crippen LogP contribution < -0.4 is 0 Å². The molecule has 0 N–H and O–H groups in total. The van der Waals surface area contributed by atoms with Gasteiger partial charge in [0.1, 0.15) is 11.9 Å². The molecule has 1 nitrogen and oxygen atoms in total. The van der Waals surface area contributed by atoms with E-state index in [0.29, 0.717) is 5.92 Å². The molecule has 0 heterocycles. The lowest BCUT2D eigenvalue weighted by atomic mass is 9.75. The van der Waals surface area contributed by atoms with Gasteiger partial charge >= 0.3 is 0 Å². The molecule has 25 heavy (non-hydrogen) atoms. The van der Waals surface area contributed by atoms with Crippen molar-refractivity contribution in [1.29, 1.82) is 5.26 Å². The van der Waals surface area contributed by atoms with Crippen molar-refractivity contribution >= 4 is 0 Å². The SMILES string of the molecule is CCCCC1CCC(CCC2CCc3cc(C#N)c(F)cc3C2)CC1. The van der Waals surface area contributed by atoms with E-state index in [0.717, 1.165) is 30.2 Å². The minimum Gasteiger partial charge on any atom is -0.206 e. The molecular weight excluding hydrogens is 309 g/mol. The summed E-state index contributed by atoms with van der Waals surface area (Å²) in [7, 11) is 0. The highest BCUT2D eigenvalue weighted by Crippen LogP contribution is 2.37. The Kier molecular flexibility index (Phi) is 6.51. The van der Waals surface area contributed by atoms with Gasteiger partial charge in [0.05, 0.1) is 5.56 Å². The fraction of sp³-hybridized carbons (Fsp3) is 0.696. The van der Waals surface area contributed by atoms with Crippen LogP contribution in [0.15, 0.2) is 12.1 Å². The topological polar surface area (TPSA) is 23.8 Å². The molecule has 1 aromatic rings. The fourth-order valence-corrected chi connectivity index (χ4v) is 4.96. The van der Waals surface area contributed by atoms with Gasteiger partial charge in [-0.25, -0.2) is 4.39 Å². The highest BCUT2D eigenvalue weighted by atomic mass is 19.1. The van der Waals surface area contributed by atoms with Crippen LogP contribution in [0.5, 0.6) is 0 Å². The van der Waals surface area contributed by atoms with E-state index in [-0.39, 0.29) is 11.4 Å². The zero-order valence-electron chi connectivity index (χ0n) is 15.7. The Balaban J connectivity index is 1.45. The van der Waals surface area contributed by atoms with E-state index >= 15 is 0 Å². The number of rotatable bonds is 6. The van der Waals surface area contributed by atoms with Crippen molar-refractivity contribution in [2.75, 3.05) is 0 Å². The predicted molar refractivity (Wildman–Crippen MR) is 101 cm³/mol. The van der Waals surface area contributed by atoms with E-state index in [4.69, 9.17) is 5.26 Å². The van der Waals surface area contributed by atoms with Crippen molar-refractivity contribution in [3.8, 4) is 6.07 Å². The Bertz CT molecular complexity index is 607. The maximum Gasteiger partial charge on any atom is 0.141 e. The minimum atomic E-state index is -0.340. The number of nitriles is 1. The molecule has 3 rings (SSSR count). The van der Waals surface area contributed by atoms with E-state index < -0.39 is 0 Å². The quantitative estimate of drug-likeness (QED) is 0.573. The second kappa shape index (κ2) is 8.84. The zero-order chi connectivity index (χ0) is 17.6. The highest BCUT2D eigenvalue weighted by molar-refractivity contribution is 5.40. The molecule has 2 aliphatic rings. The first kappa shape index (κ1) is 18.4. The minimum absolute atomic E-state index is 0.206. The third kappa shape index (κ3) is 4.84. The summed E-state index contributed by atoms with van der Waals surface area (Å²) in [4.78, 5) is 0. The summed E-state index contributed by atoms with van der Waals surface area (Å²) >= 11 is 0. The molecule has 136 valence electrons. The average molecular weight is 342 g/mol. The van der Waals surface area contributed by atoms with E-state index in [9.17, 15) is 4.39 Å². The van der Waals surface area contributed by atoms with E-state index in [1.165, 1.54) is 69.8 Å². The van der Waals surface area contributed by atoms with E-state index in [1.54, 1.807) is 12.1 Å². The lowest BCUT2D eigenvalue weighted by Crippen LogP contribution is -2.18. The Morgan fingerprint density at radius 3 is 2.32 bits per heavy atom. The molecule has 2 aliphatic carbocycles. The van der Waals surface area contributed by atoms with Crippen LogP contribution in [-0.2, 0) is 12.8 Å². The highest BCUT2D eigenvalue weighted by Gasteiger charge is 2.24. The number of hydrogen-bond donors (Lipinski definition) is 0. The van der Waals surface area contributed by atoms with Crippen LogP contribution in [0.2, 0.25) is 0 Å². The summed E-state index contributed by atoms with van der Waals surface area (Å²) in [5.41, 5.74) is 2.55. The molecule has 1 saturated carbocycles. The first-order valence-corrected chi connectivity index (χ1v) is 10.4. The Morgan fingerprint density at radius 2 is 1.64 bits per heavy atom. The van der Waals surface area contributed by atoms with E-state index in [1.807, 2.05) is 6.07 Å². The standard InChI is InChI=1S/C23H32FN/c1-2-3-4-17-5-7-18(8-6-17)9-10-19-11-12-20-14-22(16-25)23(24)15-21(20)13-19/h14-15,17-19H,2-13H2,1H3. The van der Waals surface area contributed by atoms with Crippen molar-refractivity contribution in [3.05, 3.63) is 34.6 Å². The smallest absolute Gasteiger partial charge is 0.141 e. The summed E-state index contributed by atoms with van der Waals surface area (Å²) < 4.78 is 13.9. The van der Waals surface area contributed by atoms with Gasteiger partial charge in [0.2, 0.25) is 0 Å². The number of hydrogen-bond acceptors (Lipinski definition) is 1. The third-order valence-corrected chi connectivity index (χ3v) is 6.66. The summed E-state index contributed by atoms with van der Waals surface area (Å²) in [5, 5.41) is 8.98. The van der Waals surface area contributed by atoms with Crippen LogP contribution in [0.4, 0.5) is 4.39 Å². The van der Waals surface area contributed by atoms with Gasteiger partial charge in [0.15, 0.2) is 0 Å². The first-order valence-electron chi connectivity index (χ1n) is 10.4. The number of aryl methyl sites for hydroxylation is 1. The maximum atomic E-state index is 13.9. The largest absolute Gasteiger partial charge is 0.206 e. The summed E-state index contributed by atoms with van der Waals surface area (Å²) in [5.74, 6) is 2.29. The van der Waals surface area contributed by atoms with Gasteiger partial charge in [-0.05, 0) is 66.7 Å². The molecule has 0 aliphatic heterocycles. The van der Waals surface area contributed by atoms with Crippen molar-refractivity contribution in [1.82, 2.24) is 0 Å². The van der Waals surface area contributed by atoms with Crippen LogP contribution in [-0.4, -0.2) is 0 Å². The van der Waals surface area contributed by atoms with Crippen molar-refractivity contribution in [2.24, 2.45) is 17.8 Å². The molecule has 0 spiro atoms. The average Bonchev–Trinajstić information content (AvgIpc) is 2.64.